The van der Waals surface area contributed by atoms with Gasteiger partial charge in [0.15, 0.2) is 6.61 Å². The molecule has 0 unspecified atom stereocenters. The molecule has 0 aliphatic carbocycles. The second-order valence-corrected chi connectivity index (χ2v) is 4.41. The average molecular weight is 273 g/mol. The third-order valence-corrected chi connectivity index (χ3v) is 2.62. The molecule has 1 aromatic carbocycles. The van der Waals surface area contributed by atoms with Crippen molar-refractivity contribution in [3.63, 3.8) is 0 Å². The van der Waals surface area contributed by atoms with Gasteiger partial charge in [0.1, 0.15) is 5.75 Å². The molecule has 0 fully saturated rings. The quantitative estimate of drug-likeness (QED) is 0.613. The largest absolute Gasteiger partial charge is 0.484 e. The van der Waals surface area contributed by atoms with Crippen LogP contribution in [0.3, 0.4) is 0 Å². The van der Waals surface area contributed by atoms with E-state index in [0.29, 0.717) is 11.3 Å². The number of unbranched alkanes of at least 4 members (excludes halogenated alkanes) is 1. The van der Waals surface area contributed by atoms with E-state index >= 15 is 0 Å². The number of hydrogen-bond acceptors (Lipinski definition) is 4. The van der Waals surface area contributed by atoms with E-state index in [1.807, 2.05) is 13.0 Å². The van der Waals surface area contributed by atoms with Gasteiger partial charge >= 0.3 is 0 Å². The first-order valence-electron chi connectivity index (χ1n) is 6.60. The van der Waals surface area contributed by atoms with Gasteiger partial charge in [0.2, 0.25) is 0 Å². The summed E-state index contributed by atoms with van der Waals surface area (Å²) in [5.41, 5.74) is 3.91. The lowest BCUT2D eigenvalue weighted by Gasteiger charge is -2.05. The van der Waals surface area contributed by atoms with Crippen molar-refractivity contribution >= 4 is 11.6 Å². The summed E-state index contributed by atoms with van der Waals surface area (Å²) in [5, 5.41) is 12.7. The van der Waals surface area contributed by atoms with E-state index in [2.05, 4.69) is 17.5 Å². The summed E-state index contributed by atoms with van der Waals surface area (Å²) in [5.74, 6) is 0.246. The first-order chi connectivity index (χ1) is 9.65. The van der Waals surface area contributed by atoms with Crippen LogP contribution >= 0.6 is 0 Å². The van der Waals surface area contributed by atoms with Crippen molar-refractivity contribution in [1.82, 2.24) is 5.43 Å². The molecule has 1 rings (SSSR count). The van der Waals surface area contributed by atoms with Crippen LogP contribution in [0.2, 0.25) is 0 Å². The summed E-state index contributed by atoms with van der Waals surface area (Å²) in [6.07, 6.45) is 3.04. The molecule has 0 aromatic heterocycles. The molecule has 5 nitrogen and oxygen atoms in total. The van der Waals surface area contributed by atoms with E-state index in [4.69, 9.17) is 10.00 Å². The number of carbonyl (C=O) groups is 1. The maximum absolute atomic E-state index is 11.5. The zero-order valence-corrected chi connectivity index (χ0v) is 11.8. The lowest BCUT2D eigenvalue weighted by atomic mass is 10.2. The number of amides is 1. The van der Waals surface area contributed by atoms with Crippen LogP contribution in [0.1, 0.15) is 38.7 Å². The van der Waals surface area contributed by atoms with Crippen LogP contribution in [0, 0.1) is 11.3 Å². The molecule has 0 aliphatic rings. The minimum atomic E-state index is -0.301. The van der Waals surface area contributed by atoms with Crippen LogP contribution in [0.25, 0.3) is 0 Å². The molecule has 0 saturated carbocycles. The van der Waals surface area contributed by atoms with Crippen molar-refractivity contribution in [1.29, 1.82) is 5.26 Å². The highest BCUT2D eigenvalue weighted by molar-refractivity contribution is 5.84. The van der Waals surface area contributed by atoms with Gasteiger partial charge in [-0.15, -0.1) is 0 Å². The maximum Gasteiger partial charge on any atom is 0.277 e. The molecule has 1 aromatic rings. The number of hydrazone groups is 1. The van der Waals surface area contributed by atoms with Gasteiger partial charge in [-0.2, -0.15) is 10.4 Å². The zero-order valence-electron chi connectivity index (χ0n) is 11.8. The fourth-order valence-corrected chi connectivity index (χ4v) is 1.45. The molecule has 5 heteroatoms. The van der Waals surface area contributed by atoms with Gasteiger partial charge in [-0.05, 0) is 44.0 Å². The molecule has 0 atom stereocenters. The normalized spacial score (nSPS) is 10.8. The molecule has 0 spiro atoms. The van der Waals surface area contributed by atoms with E-state index in [1.165, 1.54) is 0 Å². The SMILES string of the molecule is CCCCC(C)=NNC(=O)COc1ccc(C#N)cc1. The van der Waals surface area contributed by atoms with E-state index in [-0.39, 0.29) is 12.5 Å². The number of carbonyl (C=O) groups excluding carboxylic acids is 1. The van der Waals surface area contributed by atoms with E-state index in [1.54, 1.807) is 24.3 Å². The number of hydrogen-bond donors (Lipinski definition) is 1. The van der Waals surface area contributed by atoms with E-state index in [9.17, 15) is 4.79 Å². The van der Waals surface area contributed by atoms with Gasteiger partial charge in [-0.3, -0.25) is 4.79 Å². The number of benzene rings is 1. The second kappa shape index (κ2) is 8.70. The molecule has 0 bridgehead atoms. The van der Waals surface area contributed by atoms with Crippen molar-refractivity contribution < 1.29 is 9.53 Å². The van der Waals surface area contributed by atoms with Crippen molar-refractivity contribution in [2.45, 2.75) is 33.1 Å². The number of nitriles is 1. The van der Waals surface area contributed by atoms with E-state index < -0.39 is 0 Å². The molecular weight excluding hydrogens is 254 g/mol. The van der Waals surface area contributed by atoms with Crippen molar-refractivity contribution in [3.8, 4) is 11.8 Å². The Kier molecular flexibility index (Phi) is 6.83. The lowest BCUT2D eigenvalue weighted by Crippen LogP contribution is -2.25. The summed E-state index contributed by atoms with van der Waals surface area (Å²) in [6.45, 7) is 3.89. The Morgan fingerprint density at radius 2 is 2.10 bits per heavy atom. The van der Waals surface area contributed by atoms with Gasteiger partial charge in [-0.25, -0.2) is 5.43 Å². The monoisotopic (exact) mass is 273 g/mol. The number of rotatable bonds is 7. The Morgan fingerprint density at radius 1 is 1.40 bits per heavy atom. The lowest BCUT2D eigenvalue weighted by molar-refractivity contribution is -0.123. The molecule has 106 valence electrons. The molecular formula is C15H19N3O2. The van der Waals surface area contributed by atoms with Crippen LogP contribution < -0.4 is 10.2 Å². The topological polar surface area (TPSA) is 74.5 Å². The fraction of sp³-hybridized carbons (Fsp3) is 0.400. The fourth-order valence-electron chi connectivity index (χ4n) is 1.45. The smallest absolute Gasteiger partial charge is 0.277 e. The number of ether oxygens (including phenoxy) is 1. The minimum Gasteiger partial charge on any atom is -0.484 e. The van der Waals surface area contributed by atoms with Crippen molar-refractivity contribution in [2.75, 3.05) is 6.61 Å². The number of nitrogens with zero attached hydrogens (tertiary/aromatic N) is 2. The highest BCUT2D eigenvalue weighted by atomic mass is 16.5. The first kappa shape index (κ1) is 15.7. The van der Waals surface area contributed by atoms with Crippen molar-refractivity contribution in [2.24, 2.45) is 5.10 Å². The Morgan fingerprint density at radius 3 is 2.70 bits per heavy atom. The predicted octanol–water partition coefficient (Wildman–Crippen LogP) is 2.62. The molecule has 20 heavy (non-hydrogen) atoms. The Balaban J connectivity index is 2.34. The van der Waals surface area contributed by atoms with Gasteiger partial charge in [0.05, 0.1) is 11.6 Å². The Bertz CT molecular complexity index is 501. The van der Waals surface area contributed by atoms with Crippen LogP contribution in [0.5, 0.6) is 5.75 Å². The molecule has 1 N–H and O–H groups in total. The van der Waals surface area contributed by atoms with Crippen molar-refractivity contribution in [3.05, 3.63) is 29.8 Å². The van der Waals surface area contributed by atoms with Gasteiger partial charge in [0, 0.05) is 5.71 Å². The third kappa shape index (κ3) is 6.01. The minimum absolute atomic E-state index is 0.101. The Hall–Kier alpha value is -2.35. The second-order valence-electron chi connectivity index (χ2n) is 4.41. The zero-order chi connectivity index (χ0) is 14.8. The summed E-state index contributed by atoms with van der Waals surface area (Å²) in [4.78, 5) is 11.5. The third-order valence-electron chi connectivity index (χ3n) is 2.62. The molecule has 1 amide bonds. The van der Waals surface area contributed by atoms with Gasteiger partial charge in [-0.1, -0.05) is 13.3 Å². The molecule has 0 aliphatic heterocycles. The molecule has 0 radical (unpaired) electrons. The van der Waals surface area contributed by atoms with Crippen LogP contribution in [-0.4, -0.2) is 18.2 Å². The average Bonchev–Trinajstić information content (AvgIpc) is 2.49. The summed E-state index contributed by atoms with van der Waals surface area (Å²) >= 11 is 0. The highest BCUT2D eigenvalue weighted by Crippen LogP contribution is 2.11. The first-order valence-corrected chi connectivity index (χ1v) is 6.60. The maximum atomic E-state index is 11.5. The highest BCUT2D eigenvalue weighted by Gasteiger charge is 2.02. The summed E-state index contributed by atoms with van der Waals surface area (Å²) in [7, 11) is 0. The predicted molar refractivity (Wildman–Crippen MR) is 77.4 cm³/mol. The van der Waals surface area contributed by atoms with Gasteiger partial charge in [0.25, 0.3) is 5.91 Å². The van der Waals surface area contributed by atoms with Crippen LogP contribution in [0.15, 0.2) is 29.4 Å². The van der Waals surface area contributed by atoms with Gasteiger partial charge < -0.3 is 4.74 Å². The summed E-state index contributed by atoms with van der Waals surface area (Å²) in [6, 6.07) is 8.60. The number of nitrogens with one attached hydrogen (secondary N) is 1. The van der Waals surface area contributed by atoms with Crippen LogP contribution in [-0.2, 0) is 4.79 Å². The summed E-state index contributed by atoms with van der Waals surface area (Å²) < 4.78 is 5.29. The van der Waals surface area contributed by atoms with Crippen LogP contribution in [0.4, 0.5) is 0 Å². The standard InChI is InChI=1S/C15H19N3O2/c1-3-4-5-12(2)17-18-15(19)11-20-14-8-6-13(10-16)7-9-14/h6-9H,3-5,11H2,1-2H3,(H,18,19). The van der Waals surface area contributed by atoms with E-state index in [0.717, 1.165) is 25.0 Å². The Labute approximate surface area is 119 Å². The molecule has 0 heterocycles. The molecule has 0 saturated heterocycles.